The van der Waals surface area contributed by atoms with E-state index in [2.05, 4.69) is 5.32 Å². The number of nitrogens with one attached hydrogen (secondary N) is 1. The van der Waals surface area contributed by atoms with Gasteiger partial charge >= 0.3 is 0 Å². The highest BCUT2D eigenvalue weighted by molar-refractivity contribution is 8.18. The first-order chi connectivity index (χ1) is 18.2. The van der Waals surface area contributed by atoms with Gasteiger partial charge in [-0.05, 0) is 72.8 Å². The van der Waals surface area contributed by atoms with E-state index in [0.29, 0.717) is 46.1 Å². The van der Waals surface area contributed by atoms with Crippen LogP contribution in [0.3, 0.4) is 0 Å². The molecule has 0 unspecified atom stereocenters. The molecule has 0 aliphatic carbocycles. The van der Waals surface area contributed by atoms with Crippen molar-refractivity contribution in [3.05, 3.63) is 92.6 Å². The summed E-state index contributed by atoms with van der Waals surface area (Å²) in [6.45, 7) is 1.82. The van der Waals surface area contributed by atoms with Crippen LogP contribution in [0.1, 0.15) is 18.1 Å². The molecule has 196 valence electrons. The van der Waals surface area contributed by atoms with Crippen molar-refractivity contribution in [2.45, 2.75) is 13.5 Å². The molecule has 7 nitrogen and oxygen atoms in total. The van der Waals surface area contributed by atoms with Crippen LogP contribution in [0.4, 0.5) is 14.9 Å². The van der Waals surface area contributed by atoms with Crippen molar-refractivity contribution in [2.24, 2.45) is 0 Å². The topological polar surface area (TPSA) is 84.9 Å². The lowest BCUT2D eigenvalue weighted by Crippen LogP contribution is -2.36. The van der Waals surface area contributed by atoms with Gasteiger partial charge in [0.25, 0.3) is 11.1 Å². The highest BCUT2D eigenvalue weighted by Crippen LogP contribution is 2.39. The molecular formula is C27H21Cl2FN2O5S. The number of carbonyl (C=O) groups excluding carboxylic acids is 3. The first kappa shape index (κ1) is 27.5. The number of hydrogen-bond acceptors (Lipinski definition) is 6. The molecular weight excluding hydrogens is 554 g/mol. The summed E-state index contributed by atoms with van der Waals surface area (Å²) < 4.78 is 24.7. The number of nitrogens with zero attached hydrogens (tertiary/aromatic N) is 1. The predicted molar refractivity (Wildman–Crippen MR) is 146 cm³/mol. The van der Waals surface area contributed by atoms with Crippen molar-refractivity contribution < 1.29 is 28.2 Å². The van der Waals surface area contributed by atoms with E-state index >= 15 is 0 Å². The van der Waals surface area contributed by atoms with Crippen LogP contribution in [0.5, 0.6) is 11.5 Å². The summed E-state index contributed by atoms with van der Waals surface area (Å²) in [5, 5.41) is 2.73. The summed E-state index contributed by atoms with van der Waals surface area (Å²) >= 11 is 13.4. The van der Waals surface area contributed by atoms with Crippen LogP contribution < -0.4 is 14.8 Å². The third kappa shape index (κ3) is 6.66. The van der Waals surface area contributed by atoms with E-state index in [9.17, 15) is 18.8 Å². The molecule has 3 aromatic carbocycles. The Labute approximate surface area is 232 Å². The van der Waals surface area contributed by atoms with E-state index in [0.717, 1.165) is 10.5 Å². The second-order valence-electron chi connectivity index (χ2n) is 7.97. The van der Waals surface area contributed by atoms with Gasteiger partial charge in [0.05, 0.1) is 16.5 Å². The number of hydrogen-bond donors (Lipinski definition) is 1. The fourth-order valence-electron chi connectivity index (χ4n) is 3.50. The first-order valence-electron chi connectivity index (χ1n) is 11.4. The third-order valence-electron chi connectivity index (χ3n) is 5.26. The summed E-state index contributed by atoms with van der Waals surface area (Å²) in [5.74, 6) is -0.997. The maximum Gasteiger partial charge on any atom is 0.294 e. The van der Waals surface area contributed by atoms with Gasteiger partial charge in [0, 0.05) is 16.3 Å². The van der Waals surface area contributed by atoms with Gasteiger partial charge in [0.2, 0.25) is 5.91 Å². The third-order valence-corrected chi connectivity index (χ3v) is 6.82. The molecule has 1 saturated heterocycles. The lowest BCUT2D eigenvalue weighted by atomic mass is 10.1. The largest absolute Gasteiger partial charge is 0.490 e. The number of ether oxygens (including phenoxy) is 2. The molecule has 38 heavy (non-hydrogen) atoms. The molecule has 1 fully saturated rings. The Morgan fingerprint density at radius 1 is 1.05 bits per heavy atom. The van der Waals surface area contributed by atoms with Gasteiger partial charge in [-0.25, -0.2) is 4.39 Å². The van der Waals surface area contributed by atoms with Crippen molar-refractivity contribution >= 4 is 63.8 Å². The molecule has 4 rings (SSSR count). The summed E-state index contributed by atoms with van der Waals surface area (Å²) in [6, 6.07) is 15.6. The number of benzene rings is 3. The minimum atomic E-state index is -0.623. The molecule has 0 spiro atoms. The fourth-order valence-corrected chi connectivity index (χ4v) is 4.81. The van der Waals surface area contributed by atoms with Gasteiger partial charge in [-0.1, -0.05) is 41.4 Å². The van der Waals surface area contributed by atoms with Crippen molar-refractivity contribution in [3.63, 3.8) is 0 Å². The Morgan fingerprint density at radius 3 is 2.50 bits per heavy atom. The second kappa shape index (κ2) is 12.3. The summed E-state index contributed by atoms with van der Waals surface area (Å²) in [4.78, 5) is 38.7. The standard InChI is InChI=1S/C27H21Cl2FN2O5S/c1-2-36-22-12-16(11-21(29)25(22)37-15-17-5-3-4-6-20(17)28)13-23-26(34)32(27(35)38-23)14-24(33)31-19-9-7-18(30)8-10-19/h3-13H,2,14-15H2,1H3,(H,31,33)/b23-13-. The van der Waals surface area contributed by atoms with Gasteiger partial charge in [-0.3, -0.25) is 19.3 Å². The zero-order valence-corrected chi connectivity index (χ0v) is 22.3. The number of rotatable bonds is 9. The van der Waals surface area contributed by atoms with Crippen LogP contribution in [0.2, 0.25) is 10.0 Å². The highest BCUT2D eigenvalue weighted by Gasteiger charge is 2.36. The highest BCUT2D eigenvalue weighted by atomic mass is 35.5. The maximum atomic E-state index is 13.1. The molecule has 11 heteroatoms. The van der Waals surface area contributed by atoms with Gasteiger partial charge in [0.15, 0.2) is 11.5 Å². The lowest BCUT2D eigenvalue weighted by Gasteiger charge is -2.15. The molecule has 0 bridgehead atoms. The zero-order valence-electron chi connectivity index (χ0n) is 20.0. The number of amides is 3. The molecule has 0 atom stereocenters. The fraction of sp³-hybridized carbons (Fsp3) is 0.148. The van der Waals surface area contributed by atoms with Crippen LogP contribution in [0.25, 0.3) is 6.08 Å². The predicted octanol–water partition coefficient (Wildman–Crippen LogP) is 6.79. The van der Waals surface area contributed by atoms with Crippen molar-refractivity contribution in [3.8, 4) is 11.5 Å². The van der Waals surface area contributed by atoms with E-state index < -0.39 is 29.4 Å². The number of anilines is 1. The second-order valence-corrected chi connectivity index (χ2v) is 9.77. The van der Waals surface area contributed by atoms with Gasteiger partial charge in [-0.15, -0.1) is 0 Å². The van der Waals surface area contributed by atoms with E-state index in [1.54, 1.807) is 25.1 Å². The van der Waals surface area contributed by atoms with Crippen LogP contribution in [-0.2, 0) is 16.2 Å². The molecule has 1 N–H and O–H groups in total. The van der Waals surface area contributed by atoms with Crippen molar-refractivity contribution in [1.82, 2.24) is 4.90 Å². The molecule has 0 aromatic heterocycles. The average molecular weight is 575 g/mol. The van der Waals surface area contributed by atoms with Crippen molar-refractivity contribution in [1.29, 1.82) is 0 Å². The molecule has 1 aliphatic heterocycles. The van der Waals surface area contributed by atoms with Crippen molar-refractivity contribution in [2.75, 3.05) is 18.5 Å². The minimum absolute atomic E-state index is 0.118. The summed E-state index contributed by atoms with van der Waals surface area (Å²) in [7, 11) is 0. The van der Waals surface area contributed by atoms with Gasteiger partial charge in [0.1, 0.15) is 19.0 Å². The SMILES string of the molecule is CCOc1cc(/C=C2\SC(=O)N(CC(=O)Nc3ccc(F)cc3)C2=O)cc(Cl)c1OCc1ccccc1Cl. The molecule has 3 amide bonds. The Hall–Kier alpha value is -3.53. The molecule has 1 aliphatic rings. The summed E-state index contributed by atoms with van der Waals surface area (Å²) in [5.41, 5.74) is 1.62. The lowest BCUT2D eigenvalue weighted by molar-refractivity contribution is -0.127. The first-order valence-corrected chi connectivity index (χ1v) is 13.0. The average Bonchev–Trinajstić information content (AvgIpc) is 3.13. The minimum Gasteiger partial charge on any atom is -0.490 e. The Bertz CT molecular complexity index is 1420. The molecule has 1 heterocycles. The van der Waals surface area contributed by atoms with E-state index in [1.807, 2.05) is 18.2 Å². The monoisotopic (exact) mass is 574 g/mol. The molecule has 0 radical (unpaired) electrons. The van der Waals surface area contributed by atoms with E-state index in [-0.39, 0.29) is 16.5 Å². The van der Waals surface area contributed by atoms with Gasteiger partial charge in [-0.2, -0.15) is 0 Å². The smallest absolute Gasteiger partial charge is 0.294 e. The summed E-state index contributed by atoms with van der Waals surface area (Å²) in [6.07, 6.45) is 1.50. The zero-order chi connectivity index (χ0) is 27.2. The van der Waals surface area contributed by atoms with Crippen LogP contribution >= 0.6 is 35.0 Å². The van der Waals surface area contributed by atoms with Gasteiger partial charge < -0.3 is 14.8 Å². The number of thioether (sulfide) groups is 1. The Kier molecular flexibility index (Phi) is 8.93. The van der Waals surface area contributed by atoms with E-state index in [4.69, 9.17) is 32.7 Å². The number of carbonyl (C=O) groups is 3. The quantitative estimate of drug-likeness (QED) is 0.283. The normalized spacial score (nSPS) is 14.2. The molecule has 0 saturated carbocycles. The number of halogens is 3. The molecule has 3 aromatic rings. The van der Waals surface area contributed by atoms with Crippen LogP contribution in [0.15, 0.2) is 65.6 Å². The Balaban J connectivity index is 1.49. The maximum absolute atomic E-state index is 13.1. The number of imide groups is 1. The van der Waals surface area contributed by atoms with E-state index in [1.165, 1.54) is 30.3 Å². The van der Waals surface area contributed by atoms with Crippen LogP contribution in [0, 0.1) is 5.82 Å². The Morgan fingerprint density at radius 2 is 1.79 bits per heavy atom. The van der Waals surface area contributed by atoms with Crippen LogP contribution in [-0.4, -0.2) is 35.1 Å².